The average Bonchev–Trinajstić information content (AvgIpc) is 2.88. The predicted octanol–water partition coefficient (Wildman–Crippen LogP) is 0.644. The fourth-order valence-corrected chi connectivity index (χ4v) is 3.52. The fraction of sp³-hybridized carbons (Fsp3) is 0.875. The van der Waals surface area contributed by atoms with E-state index in [9.17, 15) is 9.59 Å². The second-order valence-electron chi connectivity index (χ2n) is 6.87. The van der Waals surface area contributed by atoms with Gasteiger partial charge in [-0.05, 0) is 46.0 Å². The average molecular weight is 311 g/mol. The van der Waals surface area contributed by atoms with E-state index in [-0.39, 0.29) is 35.9 Å². The summed E-state index contributed by atoms with van der Waals surface area (Å²) in [7, 11) is 1.72. The minimum Gasteiger partial charge on any atom is -0.381 e. The summed E-state index contributed by atoms with van der Waals surface area (Å²) in [6.45, 7) is 4.33. The molecule has 2 aliphatic rings. The first-order valence-electron chi connectivity index (χ1n) is 8.31. The highest BCUT2D eigenvalue weighted by Crippen LogP contribution is 2.30. The van der Waals surface area contributed by atoms with Crippen molar-refractivity contribution >= 4 is 11.8 Å². The summed E-state index contributed by atoms with van der Waals surface area (Å²) < 4.78 is 5.36. The van der Waals surface area contributed by atoms with Crippen LogP contribution in [0, 0.1) is 5.92 Å². The Morgan fingerprint density at radius 1 is 1.23 bits per heavy atom. The van der Waals surface area contributed by atoms with Crippen molar-refractivity contribution in [2.45, 2.75) is 70.2 Å². The summed E-state index contributed by atoms with van der Waals surface area (Å²) in [5.74, 6) is 0.0133. The van der Waals surface area contributed by atoms with Crippen molar-refractivity contribution in [3.8, 4) is 0 Å². The zero-order valence-corrected chi connectivity index (χ0v) is 13.9. The number of likely N-dealkylation sites (tertiary alicyclic amines) is 1. The van der Waals surface area contributed by atoms with Crippen LogP contribution in [0.4, 0.5) is 0 Å². The monoisotopic (exact) mass is 311 g/mol. The van der Waals surface area contributed by atoms with Crippen LogP contribution in [0.15, 0.2) is 0 Å². The Bertz CT molecular complexity index is 405. The quantitative estimate of drug-likeness (QED) is 0.798. The van der Waals surface area contributed by atoms with Crippen molar-refractivity contribution in [3.05, 3.63) is 0 Å². The lowest BCUT2D eigenvalue weighted by Gasteiger charge is -2.32. The minimum absolute atomic E-state index is 0.00560. The van der Waals surface area contributed by atoms with Gasteiger partial charge in [0.15, 0.2) is 0 Å². The van der Waals surface area contributed by atoms with E-state index in [1.165, 1.54) is 0 Å². The van der Waals surface area contributed by atoms with Gasteiger partial charge in [-0.15, -0.1) is 0 Å². The predicted molar refractivity (Wildman–Crippen MR) is 84.1 cm³/mol. The lowest BCUT2D eigenvalue weighted by Crippen LogP contribution is -2.49. The molecule has 0 aromatic heterocycles. The van der Waals surface area contributed by atoms with Gasteiger partial charge in [0.25, 0.3) is 0 Å². The summed E-state index contributed by atoms with van der Waals surface area (Å²) in [4.78, 5) is 26.8. The van der Waals surface area contributed by atoms with Gasteiger partial charge < -0.3 is 20.7 Å². The number of nitrogens with one attached hydrogen (secondary N) is 1. The highest BCUT2D eigenvalue weighted by Gasteiger charge is 2.41. The van der Waals surface area contributed by atoms with Crippen LogP contribution < -0.4 is 11.1 Å². The van der Waals surface area contributed by atoms with Crippen LogP contribution in [0.2, 0.25) is 0 Å². The van der Waals surface area contributed by atoms with E-state index < -0.39 is 6.04 Å². The maximum absolute atomic E-state index is 12.8. The number of ether oxygens (including phenoxy) is 1. The van der Waals surface area contributed by atoms with E-state index in [1.54, 1.807) is 12.0 Å². The van der Waals surface area contributed by atoms with Gasteiger partial charge in [0.1, 0.15) is 6.04 Å². The molecule has 1 heterocycles. The number of rotatable bonds is 4. The van der Waals surface area contributed by atoms with E-state index in [1.807, 2.05) is 13.8 Å². The maximum atomic E-state index is 12.8. The third kappa shape index (κ3) is 3.98. The summed E-state index contributed by atoms with van der Waals surface area (Å²) in [5.41, 5.74) is 6.00. The molecule has 0 bridgehead atoms. The van der Waals surface area contributed by atoms with Crippen molar-refractivity contribution in [2.24, 2.45) is 11.7 Å². The first-order valence-corrected chi connectivity index (χ1v) is 8.31. The van der Waals surface area contributed by atoms with Gasteiger partial charge in [0, 0.05) is 31.7 Å². The molecule has 2 atom stereocenters. The first-order chi connectivity index (χ1) is 10.4. The molecule has 1 aliphatic carbocycles. The number of hydrogen-bond donors (Lipinski definition) is 2. The standard InChI is InChI=1S/C16H29N3O3/c1-10(2)18-15(20)14-8-12(17)9-19(14)16(21)11-4-6-13(22-3)7-5-11/h10-14H,4-9,17H2,1-3H3,(H,18,20)/t11?,12-,13?,14+/m1/s1. The topological polar surface area (TPSA) is 84.7 Å². The molecule has 1 aliphatic heterocycles. The van der Waals surface area contributed by atoms with E-state index in [2.05, 4.69) is 5.32 Å². The molecule has 0 spiro atoms. The van der Waals surface area contributed by atoms with Gasteiger partial charge >= 0.3 is 0 Å². The third-order valence-electron chi connectivity index (χ3n) is 4.71. The number of nitrogens with two attached hydrogens (primary N) is 1. The molecule has 0 radical (unpaired) electrons. The summed E-state index contributed by atoms with van der Waals surface area (Å²) in [6.07, 6.45) is 4.32. The first kappa shape index (κ1) is 17.2. The Morgan fingerprint density at radius 2 is 1.86 bits per heavy atom. The molecule has 6 heteroatoms. The number of hydrogen-bond acceptors (Lipinski definition) is 4. The van der Waals surface area contributed by atoms with Gasteiger partial charge in [0.2, 0.25) is 11.8 Å². The van der Waals surface area contributed by atoms with Crippen molar-refractivity contribution in [3.63, 3.8) is 0 Å². The second kappa shape index (κ2) is 7.42. The Kier molecular flexibility index (Phi) is 5.81. The maximum Gasteiger partial charge on any atom is 0.243 e. The van der Waals surface area contributed by atoms with Gasteiger partial charge in [-0.1, -0.05) is 0 Å². The minimum atomic E-state index is -0.412. The Balaban J connectivity index is 1.99. The van der Waals surface area contributed by atoms with Crippen LogP contribution in [-0.4, -0.2) is 54.6 Å². The van der Waals surface area contributed by atoms with Crippen molar-refractivity contribution in [1.29, 1.82) is 0 Å². The summed E-state index contributed by atoms with van der Waals surface area (Å²) in [6, 6.07) is -0.453. The second-order valence-corrected chi connectivity index (χ2v) is 6.87. The molecule has 0 aromatic rings. The lowest BCUT2D eigenvalue weighted by atomic mass is 9.86. The highest BCUT2D eigenvalue weighted by molar-refractivity contribution is 5.89. The zero-order chi connectivity index (χ0) is 16.3. The molecule has 126 valence electrons. The number of methoxy groups -OCH3 is 1. The van der Waals surface area contributed by atoms with Crippen LogP contribution in [0.3, 0.4) is 0 Å². The molecule has 1 saturated heterocycles. The zero-order valence-electron chi connectivity index (χ0n) is 13.9. The fourth-order valence-electron chi connectivity index (χ4n) is 3.52. The molecule has 22 heavy (non-hydrogen) atoms. The largest absolute Gasteiger partial charge is 0.381 e. The van der Waals surface area contributed by atoms with Crippen LogP contribution in [0.1, 0.15) is 46.0 Å². The van der Waals surface area contributed by atoms with Crippen LogP contribution in [-0.2, 0) is 14.3 Å². The molecule has 3 N–H and O–H groups in total. The number of amides is 2. The van der Waals surface area contributed by atoms with Gasteiger partial charge in [-0.2, -0.15) is 0 Å². The number of nitrogens with zero attached hydrogens (tertiary/aromatic N) is 1. The van der Waals surface area contributed by atoms with Crippen molar-refractivity contribution in [1.82, 2.24) is 10.2 Å². The molecular weight excluding hydrogens is 282 g/mol. The van der Waals surface area contributed by atoms with Crippen LogP contribution in [0.25, 0.3) is 0 Å². The van der Waals surface area contributed by atoms with Crippen molar-refractivity contribution < 1.29 is 14.3 Å². The van der Waals surface area contributed by atoms with Gasteiger partial charge in [-0.3, -0.25) is 9.59 Å². The van der Waals surface area contributed by atoms with E-state index >= 15 is 0 Å². The molecule has 2 fully saturated rings. The molecule has 0 aromatic carbocycles. The van der Waals surface area contributed by atoms with Gasteiger partial charge in [0.05, 0.1) is 6.10 Å². The molecule has 2 rings (SSSR count). The normalized spacial score (nSPS) is 32.3. The molecule has 6 nitrogen and oxygen atoms in total. The highest BCUT2D eigenvalue weighted by atomic mass is 16.5. The number of carbonyl (C=O) groups excluding carboxylic acids is 2. The van der Waals surface area contributed by atoms with Crippen LogP contribution >= 0.6 is 0 Å². The van der Waals surface area contributed by atoms with Crippen LogP contribution in [0.5, 0.6) is 0 Å². The number of carbonyl (C=O) groups is 2. The third-order valence-corrected chi connectivity index (χ3v) is 4.71. The Morgan fingerprint density at radius 3 is 2.41 bits per heavy atom. The van der Waals surface area contributed by atoms with E-state index in [0.29, 0.717) is 13.0 Å². The lowest BCUT2D eigenvalue weighted by molar-refractivity contribution is -0.143. The SMILES string of the molecule is COC1CCC(C(=O)N2C[C@H](N)C[C@H]2C(=O)NC(C)C)CC1. The van der Waals surface area contributed by atoms with Crippen molar-refractivity contribution in [2.75, 3.05) is 13.7 Å². The molecule has 1 saturated carbocycles. The Labute approximate surface area is 132 Å². The molecule has 2 amide bonds. The molecule has 0 unspecified atom stereocenters. The molecular formula is C16H29N3O3. The van der Waals surface area contributed by atoms with Gasteiger partial charge in [-0.25, -0.2) is 0 Å². The summed E-state index contributed by atoms with van der Waals surface area (Å²) in [5, 5.41) is 2.90. The smallest absolute Gasteiger partial charge is 0.243 e. The van der Waals surface area contributed by atoms with E-state index in [0.717, 1.165) is 25.7 Å². The Hall–Kier alpha value is -1.14. The summed E-state index contributed by atoms with van der Waals surface area (Å²) >= 11 is 0. The van der Waals surface area contributed by atoms with E-state index in [4.69, 9.17) is 10.5 Å².